The van der Waals surface area contributed by atoms with Crippen molar-refractivity contribution in [3.8, 4) is 0 Å². The number of likely N-dealkylation sites (tertiary alicyclic amines) is 1. The van der Waals surface area contributed by atoms with E-state index < -0.39 is 0 Å². The Balaban J connectivity index is 1.75. The lowest BCUT2D eigenvalue weighted by molar-refractivity contribution is 0.0588. The van der Waals surface area contributed by atoms with E-state index in [1.165, 1.54) is 0 Å². The van der Waals surface area contributed by atoms with Crippen molar-refractivity contribution in [3.05, 3.63) is 11.6 Å². The number of rotatable bonds is 3. The van der Waals surface area contributed by atoms with Gasteiger partial charge in [0, 0.05) is 12.5 Å². The van der Waals surface area contributed by atoms with Gasteiger partial charge in [0.15, 0.2) is 0 Å². The van der Waals surface area contributed by atoms with E-state index in [2.05, 4.69) is 15.2 Å². The fourth-order valence-electron chi connectivity index (χ4n) is 2.67. The Bertz CT molecular complexity index is 455. The zero-order valence-corrected chi connectivity index (χ0v) is 11.0. The molecule has 6 nitrogen and oxygen atoms in total. The highest BCUT2D eigenvalue weighted by atomic mass is 16.3. The van der Waals surface area contributed by atoms with Crippen LogP contribution in [0.25, 0.3) is 0 Å². The summed E-state index contributed by atoms with van der Waals surface area (Å²) in [6.45, 7) is 0.711. The average molecular weight is 264 g/mol. The smallest absolute Gasteiger partial charge is 0.293 e. The predicted octanol–water partition coefficient (Wildman–Crippen LogP) is 1.06. The maximum absolute atomic E-state index is 12.4. The van der Waals surface area contributed by atoms with Crippen molar-refractivity contribution in [2.24, 2.45) is 0 Å². The van der Waals surface area contributed by atoms with Crippen LogP contribution in [0.3, 0.4) is 0 Å². The third-order valence-electron chi connectivity index (χ3n) is 4.01. The number of carbonyl (C=O) groups is 1. The minimum absolute atomic E-state index is 0.0195. The maximum Gasteiger partial charge on any atom is 0.293 e. The van der Waals surface area contributed by atoms with Crippen molar-refractivity contribution in [1.82, 2.24) is 20.1 Å². The molecule has 1 unspecified atom stereocenters. The molecule has 2 fully saturated rings. The summed E-state index contributed by atoms with van der Waals surface area (Å²) < 4.78 is 0. The van der Waals surface area contributed by atoms with Crippen LogP contribution >= 0.6 is 0 Å². The number of aromatic nitrogens is 3. The van der Waals surface area contributed by atoms with Gasteiger partial charge in [-0.05, 0) is 25.7 Å². The van der Waals surface area contributed by atoms with Gasteiger partial charge in [0.25, 0.3) is 5.91 Å². The second kappa shape index (κ2) is 5.28. The van der Waals surface area contributed by atoms with Crippen molar-refractivity contribution in [1.29, 1.82) is 0 Å². The summed E-state index contributed by atoms with van der Waals surface area (Å²) >= 11 is 0. The van der Waals surface area contributed by atoms with E-state index in [1.807, 2.05) is 0 Å². The number of nitrogens with one attached hydrogen (secondary N) is 1. The Hall–Kier alpha value is -1.43. The molecule has 1 aliphatic carbocycles. The van der Waals surface area contributed by atoms with Gasteiger partial charge in [-0.1, -0.05) is 12.8 Å². The van der Waals surface area contributed by atoms with Crippen LogP contribution in [0.15, 0.2) is 0 Å². The number of carbonyl (C=O) groups excluding carboxylic acids is 1. The van der Waals surface area contributed by atoms with Crippen molar-refractivity contribution in [3.63, 3.8) is 0 Å². The van der Waals surface area contributed by atoms with Crippen LogP contribution in [0.5, 0.6) is 0 Å². The molecule has 1 aromatic heterocycles. The van der Waals surface area contributed by atoms with Gasteiger partial charge in [-0.15, -0.1) is 5.10 Å². The maximum atomic E-state index is 12.4. The second-order valence-electron chi connectivity index (χ2n) is 5.50. The van der Waals surface area contributed by atoms with Crippen molar-refractivity contribution in [2.75, 3.05) is 13.2 Å². The molecule has 0 spiro atoms. The number of aliphatic hydroxyl groups excluding tert-OH is 1. The highest BCUT2D eigenvalue weighted by Crippen LogP contribution is 2.37. The van der Waals surface area contributed by atoms with Crippen molar-refractivity contribution < 1.29 is 9.90 Å². The van der Waals surface area contributed by atoms with E-state index in [0.717, 1.165) is 44.3 Å². The van der Waals surface area contributed by atoms with Crippen LogP contribution in [-0.4, -0.2) is 50.3 Å². The summed E-state index contributed by atoms with van der Waals surface area (Å²) in [6.07, 6.45) is 6.29. The molecule has 3 rings (SSSR count). The zero-order valence-electron chi connectivity index (χ0n) is 11.0. The molecule has 1 amide bonds. The van der Waals surface area contributed by atoms with Crippen LogP contribution in [0, 0.1) is 0 Å². The molecule has 0 aromatic carbocycles. The van der Waals surface area contributed by atoms with Crippen LogP contribution in [-0.2, 0) is 0 Å². The molecule has 19 heavy (non-hydrogen) atoms. The van der Waals surface area contributed by atoms with Gasteiger partial charge >= 0.3 is 0 Å². The van der Waals surface area contributed by atoms with Gasteiger partial charge in [-0.25, -0.2) is 4.98 Å². The minimum Gasteiger partial charge on any atom is -0.394 e. The summed E-state index contributed by atoms with van der Waals surface area (Å²) in [6, 6.07) is -0.0853. The van der Waals surface area contributed by atoms with E-state index in [0.29, 0.717) is 12.5 Å². The lowest BCUT2D eigenvalue weighted by atomic mass is 10.1. The van der Waals surface area contributed by atoms with Gasteiger partial charge in [0.2, 0.25) is 5.82 Å². The Morgan fingerprint density at radius 1 is 1.32 bits per heavy atom. The predicted molar refractivity (Wildman–Crippen MR) is 68.7 cm³/mol. The summed E-state index contributed by atoms with van der Waals surface area (Å²) in [5, 5.41) is 16.4. The van der Waals surface area contributed by atoms with E-state index in [-0.39, 0.29) is 24.4 Å². The van der Waals surface area contributed by atoms with E-state index >= 15 is 0 Å². The molecule has 1 aliphatic heterocycles. The van der Waals surface area contributed by atoms with Crippen molar-refractivity contribution in [2.45, 2.75) is 50.5 Å². The Morgan fingerprint density at radius 3 is 2.89 bits per heavy atom. The molecular formula is C13H20N4O2. The van der Waals surface area contributed by atoms with Gasteiger partial charge in [0.1, 0.15) is 5.82 Å². The molecule has 0 radical (unpaired) electrons. The number of hydrogen-bond acceptors (Lipinski definition) is 4. The van der Waals surface area contributed by atoms with Gasteiger partial charge in [-0.3, -0.25) is 9.89 Å². The number of aliphatic hydroxyl groups is 1. The molecule has 2 heterocycles. The minimum atomic E-state index is -0.149. The standard InChI is InChI=1S/C13H20N4O2/c18-8-10-4-2-1-3-7-17(10)13(19)12-14-11(15-16-12)9-5-6-9/h9-10,18H,1-8H2,(H,14,15,16). The third-order valence-corrected chi connectivity index (χ3v) is 4.01. The monoisotopic (exact) mass is 264 g/mol. The number of amides is 1. The number of aromatic amines is 1. The SMILES string of the molecule is O=C(c1n[nH]c(C2CC2)n1)N1CCCCCC1CO. The van der Waals surface area contributed by atoms with Crippen LogP contribution in [0.2, 0.25) is 0 Å². The summed E-state index contributed by atoms with van der Waals surface area (Å²) in [5.41, 5.74) is 0. The first-order chi connectivity index (χ1) is 9.29. The molecule has 1 aromatic rings. The normalized spacial score (nSPS) is 24.3. The van der Waals surface area contributed by atoms with E-state index in [1.54, 1.807) is 4.90 Å². The van der Waals surface area contributed by atoms with Gasteiger partial charge in [-0.2, -0.15) is 0 Å². The molecule has 1 atom stereocenters. The summed E-state index contributed by atoms with van der Waals surface area (Å²) in [4.78, 5) is 18.5. The Morgan fingerprint density at radius 2 is 2.16 bits per heavy atom. The van der Waals surface area contributed by atoms with E-state index in [9.17, 15) is 9.90 Å². The van der Waals surface area contributed by atoms with Crippen molar-refractivity contribution >= 4 is 5.91 Å². The lowest BCUT2D eigenvalue weighted by Gasteiger charge is -2.27. The molecule has 104 valence electrons. The summed E-state index contributed by atoms with van der Waals surface area (Å²) in [5.74, 6) is 1.40. The molecular weight excluding hydrogens is 244 g/mol. The molecule has 6 heteroatoms. The molecule has 0 bridgehead atoms. The quantitative estimate of drug-likeness (QED) is 0.855. The molecule has 1 saturated carbocycles. The van der Waals surface area contributed by atoms with E-state index in [4.69, 9.17) is 0 Å². The number of H-pyrrole nitrogens is 1. The Labute approximate surface area is 112 Å². The summed E-state index contributed by atoms with van der Waals surface area (Å²) in [7, 11) is 0. The topological polar surface area (TPSA) is 82.1 Å². The Kier molecular flexibility index (Phi) is 3.50. The third kappa shape index (κ3) is 2.63. The number of hydrogen-bond donors (Lipinski definition) is 2. The molecule has 2 aliphatic rings. The highest BCUT2D eigenvalue weighted by molar-refractivity contribution is 5.90. The first-order valence-electron chi connectivity index (χ1n) is 7.13. The van der Waals surface area contributed by atoms with Crippen LogP contribution < -0.4 is 0 Å². The lowest BCUT2D eigenvalue weighted by Crippen LogP contribution is -2.42. The second-order valence-corrected chi connectivity index (χ2v) is 5.50. The van der Waals surface area contributed by atoms with Gasteiger partial charge < -0.3 is 10.0 Å². The fraction of sp³-hybridized carbons (Fsp3) is 0.769. The molecule has 2 N–H and O–H groups in total. The van der Waals surface area contributed by atoms with Gasteiger partial charge in [0.05, 0.1) is 12.6 Å². The zero-order chi connectivity index (χ0) is 13.2. The highest BCUT2D eigenvalue weighted by Gasteiger charge is 2.31. The first-order valence-corrected chi connectivity index (χ1v) is 7.13. The molecule has 1 saturated heterocycles. The largest absolute Gasteiger partial charge is 0.394 e. The fourth-order valence-corrected chi connectivity index (χ4v) is 2.67. The number of nitrogens with zero attached hydrogens (tertiary/aromatic N) is 3. The van der Waals surface area contributed by atoms with Crippen LogP contribution in [0.4, 0.5) is 0 Å². The first kappa shape index (κ1) is 12.6. The average Bonchev–Trinajstić information content (AvgIpc) is 3.21. The van der Waals surface area contributed by atoms with Crippen LogP contribution in [0.1, 0.15) is 60.9 Å².